The van der Waals surface area contributed by atoms with Gasteiger partial charge in [0, 0.05) is 26.3 Å². The molecule has 0 aliphatic carbocycles. The normalized spacial score (nSPS) is 12.1. The predicted molar refractivity (Wildman–Crippen MR) is 169 cm³/mol. The van der Waals surface area contributed by atoms with E-state index in [-0.39, 0.29) is 20.1 Å². The minimum atomic E-state index is 0. The summed E-state index contributed by atoms with van der Waals surface area (Å²) < 4.78 is 6.09. The van der Waals surface area contributed by atoms with Gasteiger partial charge < -0.3 is 4.98 Å². The van der Waals surface area contributed by atoms with Crippen LogP contribution in [0.5, 0.6) is 0 Å². The molecule has 6 aromatic rings. The standard InChI is InChI=1S/C23H13BNSe2.C12H10N.Ir/c1-2-8-19-16(6-1)24-17-14-15(18-7-3-4-13-25-18)11-12-20(17)27-22-10-5-9-21(26-19)23(22)24;1-10-7-8-12(13-9-10)11-5-3-2-4-6-11;/h1-10,12-14H;2-5,7-9H,1H3;/q2*-1;. The SMILES string of the molecule is Cc1ccc(-c2[c-]cccc2)nc1.[Ir].[c-]1cc2c(cc1-c1ccccn1)B1c3ccccc3[Se]c3cccc(c31)[Se]2. The van der Waals surface area contributed by atoms with Crippen LogP contribution in [0.2, 0.25) is 0 Å². The number of nitrogens with zero attached hydrogens (tertiary/aromatic N) is 2. The van der Waals surface area contributed by atoms with E-state index in [9.17, 15) is 0 Å². The van der Waals surface area contributed by atoms with Crippen molar-refractivity contribution in [1.29, 1.82) is 0 Å². The fourth-order valence-corrected chi connectivity index (χ4v) is 10.3. The molecule has 0 N–H and O–H groups in total. The van der Waals surface area contributed by atoms with E-state index in [1.807, 2.05) is 61.8 Å². The molecule has 0 saturated heterocycles. The van der Waals surface area contributed by atoms with Gasteiger partial charge in [0.2, 0.25) is 0 Å². The maximum absolute atomic E-state index is 4.55. The van der Waals surface area contributed by atoms with Gasteiger partial charge in [0.1, 0.15) is 0 Å². The van der Waals surface area contributed by atoms with E-state index < -0.39 is 0 Å². The van der Waals surface area contributed by atoms with Crippen molar-refractivity contribution in [3.8, 4) is 22.5 Å². The summed E-state index contributed by atoms with van der Waals surface area (Å²) in [5, 5.41) is 0. The number of hydrogen-bond acceptors (Lipinski definition) is 2. The topological polar surface area (TPSA) is 25.8 Å². The Bertz CT molecular complexity index is 1800. The van der Waals surface area contributed by atoms with Gasteiger partial charge >= 0.3 is 172 Å². The molecule has 8 rings (SSSR count). The van der Waals surface area contributed by atoms with Crippen LogP contribution in [0.3, 0.4) is 0 Å². The number of hydrogen-bond donors (Lipinski definition) is 0. The van der Waals surface area contributed by atoms with Gasteiger partial charge in [0.05, 0.1) is 0 Å². The van der Waals surface area contributed by atoms with Crippen molar-refractivity contribution in [2.75, 3.05) is 0 Å². The second-order valence-electron chi connectivity index (χ2n) is 9.72. The zero-order valence-corrected chi connectivity index (χ0v) is 28.0. The summed E-state index contributed by atoms with van der Waals surface area (Å²) in [6, 6.07) is 45.2. The van der Waals surface area contributed by atoms with Crippen molar-refractivity contribution in [1.82, 2.24) is 9.97 Å². The maximum atomic E-state index is 4.55. The molecule has 2 nitrogen and oxygen atoms in total. The third kappa shape index (κ3) is 5.70. The third-order valence-corrected chi connectivity index (χ3v) is 11.9. The van der Waals surface area contributed by atoms with Crippen LogP contribution >= 0.6 is 0 Å². The van der Waals surface area contributed by atoms with Gasteiger partial charge in [-0.2, -0.15) is 0 Å². The number of benzene rings is 4. The van der Waals surface area contributed by atoms with Crippen molar-refractivity contribution in [2.45, 2.75) is 6.92 Å². The van der Waals surface area contributed by atoms with Gasteiger partial charge in [-0.3, -0.25) is 0 Å². The van der Waals surface area contributed by atoms with Crippen LogP contribution in [0.15, 0.2) is 122 Å². The average molecular weight is 833 g/mol. The van der Waals surface area contributed by atoms with Gasteiger partial charge in [-0.25, -0.2) is 0 Å². The van der Waals surface area contributed by atoms with Gasteiger partial charge in [-0.15, -0.1) is 35.9 Å². The molecule has 0 atom stereocenters. The van der Waals surface area contributed by atoms with Crippen LogP contribution in [-0.4, -0.2) is 46.6 Å². The summed E-state index contributed by atoms with van der Waals surface area (Å²) in [7, 11) is 0. The number of pyridine rings is 2. The van der Waals surface area contributed by atoms with Crippen LogP contribution in [0.25, 0.3) is 22.5 Å². The van der Waals surface area contributed by atoms with Gasteiger partial charge in [0.25, 0.3) is 0 Å². The van der Waals surface area contributed by atoms with Crippen LogP contribution in [-0.2, 0) is 20.1 Å². The molecule has 1 radical (unpaired) electrons. The molecular formula is C35H23BIrN2Se2-2. The first-order valence-electron chi connectivity index (χ1n) is 13.2. The molecule has 2 aliphatic rings. The first-order valence-corrected chi connectivity index (χ1v) is 16.6. The quantitative estimate of drug-likeness (QED) is 0.197. The first-order chi connectivity index (χ1) is 19.7. The van der Waals surface area contributed by atoms with Crippen molar-refractivity contribution < 1.29 is 20.1 Å². The van der Waals surface area contributed by atoms with Crippen LogP contribution in [0.1, 0.15) is 5.56 Å². The number of fused-ring (bicyclic) bond motifs is 4. The van der Waals surface area contributed by atoms with E-state index in [2.05, 4.69) is 88.8 Å². The van der Waals surface area contributed by atoms with Crippen molar-refractivity contribution in [2.24, 2.45) is 0 Å². The van der Waals surface area contributed by atoms with E-state index in [0.717, 1.165) is 22.5 Å². The van der Waals surface area contributed by atoms with Crippen LogP contribution < -0.4 is 34.2 Å². The number of aromatic nitrogens is 2. The molecule has 6 heteroatoms. The second kappa shape index (κ2) is 12.4. The average Bonchev–Trinajstić information content (AvgIpc) is 3.02. The van der Waals surface area contributed by atoms with Gasteiger partial charge in [0.15, 0.2) is 0 Å². The Morgan fingerprint density at radius 2 is 1.39 bits per heavy atom. The Labute approximate surface area is 267 Å². The molecule has 41 heavy (non-hydrogen) atoms. The van der Waals surface area contributed by atoms with Crippen LogP contribution in [0, 0.1) is 19.1 Å². The zero-order valence-electron chi connectivity index (χ0n) is 22.2. The molecule has 0 saturated carbocycles. The molecule has 4 aromatic carbocycles. The van der Waals surface area contributed by atoms with Crippen molar-refractivity contribution in [3.63, 3.8) is 0 Å². The van der Waals surface area contributed by atoms with Crippen molar-refractivity contribution >= 4 is 70.9 Å². The van der Waals surface area contributed by atoms with Gasteiger partial charge in [-0.05, 0) is 18.2 Å². The van der Waals surface area contributed by atoms with E-state index in [4.69, 9.17) is 0 Å². The number of rotatable bonds is 2. The Hall–Kier alpha value is -3.07. The molecule has 2 aliphatic heterocycles. The Morgan fingerprint density at radius 3 is 2.15 bits per heavy atom. The fraction of sp³-hybridized carbons (Fsp3) is 0.0286. The minimum absolute atomic E-state index is 0. The molecule has 0 amide bonds. The third-order valence-electron chi connectivity index (χ3n) is 7.08. The molecule has 0 spiro atoms. The molecular weight excluding hydrogens is 809 g/mol. The predicted octanol–water partition coefficient (Wildman–Crippen LogP) is 1.86. The molecule has 199 valence electrons. The summed E-state index contributed by atoms with van der Waals surface area (Å²) in [6.45, 7) is 2.39. The summed E-state index contributed by atoms with van der Waals surface area (Å²) in [6.07, 6.45) is 3.73. The Balaban J connectivity index is 0.000000183. The molecule has 0 fully saturated rings. The summed E-state index contributed by atoms with van der Waals surface area (Å²) in [5.74, 6) is 0. The summed E-state index contributed by atoms with van der Waals surface area (Å²) in [5.41, 5.74) is 9.83. The zero-order chi connectivity index (χ0) is 26.9. The first kappa shape index (κ1) is 28.1. The fourth-order valence-electron chi connectivity index (χ4n) is 5.17. The molecule has 0 bridgehead atoms. The number of aryl methyl sites for hydroxylation is 1. The van der Waals surface area contributed by atoms with E-state index in [0.29, 0.717) is 36.6 Å². The summed E-state index contributed by atoms with van der Waals surface area (Å²) >= 11 is 0.745. The molecule has 2 aromatic heterocycles. The second-order valence-corrected chi connectivity index (χ2v) is 14.3. The van der Waals surface area contributed by atoms with Crippen LogP contribution in [0.4, 0.5) is 0 Å². The van der Waals surface area contributed by atoms with Gasteiger partial charge in [-0.1, -0.05) is 12.1 Å². The molecule has 4 heterocycles. The van der Waals surface area contributed by atoms with E-state index >= 15 is 0 Å². The van der Waals surface area contributed by atoms with E-state index in [1.165, 1.54) is 25.4 Å². The Kier molecular flexibility index (Phi) is 8.51. The van der Waals surface area contributed by atoms with E-state index in [1.54, 1.807) is 14.4 Å². The summed E-state index contributed by atoms with van der Waals surface area (Å²) in [4.78, 5) is 8.86. The Morgan fingerprint density at radius 1 is 0.634 bits per heavy atom. The monoisotopic (exact) mass is 835 g/mol. The van der Waals surface area contributed by atoms with Crippen molar-refractivity contribution in [3.05, 3.63) is 139 Å². The molecule has 0 unspecified atom stereocenters.